The number of hydrogen-bond acceptors (Lipinski definition) is 4. The van der Waals surface area contributed by atoms with Gasteiger partial charge >= 0.3 is 0 Å². The molecule has 1 amide bonds. The zero-order valence-corrected chi connectivity index (χ0v) is 16.5. The van der Waals surface area contributed by atoms with Gasteiger partial charge in [0.15, 0.2) is 0 Å². The van der Waals surface area contributed by atoms with Crippen molar-refractivity contribution in [3.8, 4) is 0 Å². The Balaban J connectivity index is 0.00000208. The zero-order chi connectivity index (χ0) is 16.6. The summed E-state index contributed by atoms with van der Waals surface area (Å²) in [5.74, 6) is 1.93. The van der Waals surface area contributed by atoms with E-state index in [0.717, 1.165) is 35.0 Å². The number of hydrogen-bond donors (Lipinski definition) is 2. The van der Waals surface area contributed by atoms with Crippen molar-refractivity contribution in [2.45, 2.75) is 65.3 Å². The first-order valence-electron chi connectivity index (χ1n) is 8.96. The zero-order valence-electron chi connectivity index (χ0n) is 14.9. The van der Waals surface area contributed by atoms with E-state index in [9.17, 15) is 4.79 Å². The van der Waals surface area contributed by atoms with E-state index in [0.29, 0.717) is 23.8 Å². The molecule has 0 aromatic carbocycles. The number of nitrogens with one attached hydrogen (secondary N) is 1. The van der Waals surface area contributed by atoms with Crippen molar-refractivity contribution in [1.29, 1.82) is 0 Å². The maximum Gasteiger partial charge on any atom is 0.228 e. The molecule has 0 saturated heterocycles. The molecular formula is C18H30ClN3OS. The smallest absolute Gasteiger partial charge is 0.228 e. The number of halogens is 1. The summed E-state index contributed by atoms with van der Waals surface area (Å²) in [7, 11) is 0. The second kappa shape index (κ2) is 8.15. The van der Waals surface area contributed by atoms with Gasteiger partial charge in [-0.25, -0.2) is 4.98 Å². The molecule has 0 aliphatic heterocycles. The number of thiazole rings is 1. The summed E-state index contributed by atoms with van der Waals surface area (Å²) in [6, 6.07) is 0.315. The maximum absolute atomic E-state index is 12.8. The van der Waals surface area contributed by atoms with Gasteiger partial charge in [-0.3, -0.25) is 4.79 Å². The van der Waals surface area contributed by atoms with Gasteiger partial charge in [0, 0.05) is 12.0 Å². The number of aryl methyl sites for hydroxylation is 1. The monoisotopic (exact) mass is 371 g/mol. The molecule has 1 heterocycles. The van der Waals surface area contributed by atoms with Gasteiger partial charge in [0.1, 0.15) is 5.00 Å². The number of fused-ring (bicyclic) bond motifs is 2. The van der Waals surface area contributed by atoms with E-state index in [1.54, 1.807) is 11.3 Å². The van der Waals surface area contributed by atoms with E-state index in [1.807, 2.05) is 6.92 Å². The minimum absolute atomic E-state index is 0. The molecule has 2 fully saturated rings. The Morgan fingerprint density at radius 3 is 2.54 bits per heavy atom. The molecule has 2 aliphatic carbocycles. The van der Waals surface area contributed by atoms with Crippen LogP contribution in [0.4, 0.5) is 5.00 Å². The van der Waals surface area contributed by atoms with Crippen LogP contribution in [0.2, 0.25) is 0 Å². The predicted octanol–water partition coefficient (Wildman–Crippen LogP) is 4.16. The molecule has 3 rings (SSSR count). The SMILES string of the molecule is Cc1nc(CC(C)C)c(NC(=O)C2CC3CCCC(C2)C3N)s1.Cl. The van der Waals surface area contributed by atoms with Crippen LogP contribution in [0.3, 0.4) is 0 Å². The van der Waals surface area contributed by atoms with Gasteiger partial charge in [0.2, 0.25) is 5.91 Å². The number of carbonyl (C=O) groups is 1. The molecule has 2 atom stereocenters. The highest BCUT2D eigenvalue weighted by Gasteiger charge is 2.40. The maximum atomic E-state index is 12.8. The Hall–Kier alpha value is -0.650. The van der Waals surface area contributed by atoms with Crippen LogP contribution in [-0.2, 0) is 11.2 Å². The lowest BCUT2D eigenvalue weighted by Crippen LogP contribution is -2.48. The van der Waals surface area contributed by atoms with Crippen LogP contribution >= 0.6 is 23.7 Å². The first-order chi connectivity index (χ1) is 10.9. The molecule has 2 saturated carbocycles. The first kappa shape index (κ1) is 19.7. The van der Waals surface area contributed by atoms with E-state index in [2.05, 4.69) is 24.1 Å². The van der Waals surface area contributed by atoms with E-state index >= 15 is 0 Å². The first-order valence-corrected chi connectivity index (χ1v) is 9.78. The van der Waals surface area contributed by atoms with Gasteiger partial charge in [0.25, 0.3) is 0 Å². The fourth-order valence-corrected chi connectivity index (χ4v) is 5.16. The fraction of sp³-hybridized carbons (Fsp3) is 0.778. The van der Waals surface area contributed by atoms with Crippen LogP contribution in [0.1, 0.15) is 56.7 Å². The molecule has 6 heteroatoms. The number of carbonyl (C=O) groups excluding carboxylic acids is 1. The molecule has 2 aliphatic rings. The second-order valence-electron chi connectivity index (χ2n) is 7.79. The van der Waals surface area contributed by atoms with Crippen LogP contribution in [0.5, 0.6) is 0 Å². The number of nitrogens with two attached hydrogens (primary N) is 1. The molecule has 2 unspecified atom stereocenters. The summed E-state index contributed by atoms with van der Waals surface area (Å²) in [5.41, 5.74) is 7.39. The van der Waals surface area contributed by atoms with Crippen LogP contribution in [0.15, 0.2) is 0 Å². The fourth-order valence-electron chi connectivity index (χ4n) is 4.31. The van der Waals surface area contributed by atoms with Crippen molar-refractivity contribution >= 4 is 34.7 Å². The van der Waals surface area contributed by atoms with Crippen LogP contribution in [0.25, 0.3) is 0 Å². The van der Waals surface area contributed by atoms with E-state index in [1.165, 1.54) is 19.3 Å². The summed E-state index contributed by atoms with van der Waals surface area (Å²) < 4.78 is 0. The molecule has 1 aromatic rings. The van der Waals surface area contributed by atoms with Gasteiger partial charge < -0.3 is 11.1 Å². The average Bonchev–Trinajstić information content (AvgIpc) is 2.77. The number of nitrogens with zero attached hydrogens (tertiary/aromatic N) is 1. The number of rotatable bonds is 4. The summed E-state index contributed by atoms with van der Waals surface area (Å²) in [5, 5.41) is 5.17. The third-order valence-electron chi connectivity index (χ3n) is 5.43. The largest absolute Gasteiger partial charge is 0.327 e. The van der Waals surface area contributed by atoms with E-state index in [-0.39, 0.29) is 24.2 Å². The predicted molar refractivity (Wildman–Crippen MR) is 103 cm³/mol. The van der Waals surface area contributed by atoms with Crippen molar-refractivity contribution in [1.82, 2.24) is 4.98 Å². The van der Waals surface area contributed by atoms with Crippen molar-refractivity contribution in [3.63, 3.8) is 0 Å². The van der Waals surface area contributed by atoms with Crippen molar-refractivity contribution in [2.75, 3.05) is 5.32 Å². The van der Waals surface area contributed by atoms with Gasteiger partial charge in [-0.1, -0.05) is 20.3 Å². The number of amides is 1. The Labute approximate surface area is 155 Å². The van der Waals surface area contributed by atoms with Crippen molar-refractivity contribution in [2.24, 2.45) is 29.4 Å². The Morgan fingerprint density at radius 2 is 1.96 bits per heavy atom. The highest BCUT2D eigenvalue weighted by molar-refractivity contribution is 7.16. The molecule has 24 heavy (non-hydrogen) atoms. The normalized spacial score (nSPS) is 29.2. The van der Waals surface area contributed by atoms with Gasteiger partial charge in [-0.05, 0) is 56.8 Å². The highest BCUT2D eigenvalue weighted by Crippen LogP contribution is 2.42. The third kappa shape index (κ3) is 4.30. The molecule has 0 radical (unpaired) electrons. The molecule has 0 spiro atoms. The summed E-state index contributed by atoms with van der Waals surface area (Å²) in [6.45, 7) is 6.38. The molecular weight excluding hydrogens is 342 g/mol. The average molecular weight is 372 g/mol. The van der Waals surface area contributed by atoms with Crippen LogP contribution < -0.4 is 11.1 Å². The van der Waals surface area contributed by atoms with Gasteiger partial charge in [-0.15, -0.1) is 23.7 Å². The number of anilines is 1. The Morgan fingerprint density at radius 1 is 1.33 bits per heavy atom. The highest BCUT2D eigenvalue weighted by atomic mass is 35.5. The topological polar surface area (TPSA) is 68.0 Å². The quantitative estimate of drug-likeness (QED) is 0.834. The molecule has 136 valence electrons. The summed E-state index contributed by atoms with van der Waals surface area (Å²) in [6.07, 6.45) is 6.51. The minimum Gasteiger partial charge on any atom is -0.327 e. The van der Waals surface area contributed by atoms with Crippen molar-refractivity contribution < 1.29 is 4.79 Å². The minimum atomic E-state index is 0. The molecule has 1 aromatic heterocycles. The van der Waals surface area contributed by atoms with E-state index in [4.69, 9.17) is 5.73 Å². The third-order valence-corrected chi connectivity index (χ3v) is 6.35. The molecule has 4 nitrogen and oxygen atoms in total. The molecule has 2 bridgehead atoms. The standard InChI is InChI=1S/C18H29N3OS.ClH/c1-10(2)7-15-18(23-11(3)20-15)21-17(22)14-8-12-5-4-6-13(9-14)16(12)19;/h10,12-14,16H,4-9,19H2,1-3H3,(H,21,22);1H. The number of aromatic nitrogens is 1. The lowest BCUT2D eigenvalue weighted by molar-refractivity contribution is -0.122. The summed E-state index contributed by atoms with van der Waals surface area (Å²) >= 11 is 1.60. The Bertz CT molecular complexity index is 561. The lowest BCUT2D eigenvalue weighted by Gasteiger charge is -2.43. The van der Waals surface area contributed by atoms with E-state index < -0.39 is 0 Å². The lowest BCUT2D eigenvalue weighted by atomic mass is 9.65. The second-order valence-corrected chi connectivity index (χ2v) is 9.00. The van der Waals surface area contributed by atoms with Gasteiger partial charge in [-0.2, -0.15) is 0 Å². The summed E-state index contributed by atoms with van der Waals surface area (Å²) in [4.78, 5) is 17.4. The van der Waals surface area contributed by atoms with Crippen LogP contribution in [-0.4, -0.2) is 16.9 Å². The Kier molecular flexibility index (Phi) is 6.68. The van der Waals surface area contributed by atoms with Gasteiger partial charge in [0.05, 0.1) is 10.7 Å². The van der Waals surface area contributed by atoms with Crippen molar-refractivity contribution in [3.05, 3.63) is 10.7 Å². The molecule has 3 N–H and O–H groups in total. The van der Waals surface area contributed by atoms with Crippen LogP contribution in [0, 0.1) is 30.6 Å².